The topological polar surface area (TPSA) is 65.0 Å². The van der Waals surface area contributed by atoms with Gasteiger partial charge in [-0.2, -0.15) is 0 Å². The second-order valence-corrected chi connectivity index (χ2v) is 23.3. The molecular weight excluding hydrogens is 472 g/mol. The zero-order valence-corrected chi connectivity index (χ0v) is 27.0. The number of hydrogen-bond acceptors (Lipinski definition) is 5. The van der Waals surface area contributed by atoms with Crippen LogP contribution in [0.15, 0.2) is 12.2 Å². The lowest BCUT2D eigenvalue weighted by Gasteiger charge is -2.42. The molecule has 0 amide bonds. The molecule has 1 N–H and O–H groups in total. The molecule has 1 saturated carbocycles. The summed E-state index contributed by atoms with van der Waals surface area (Å²) < 4.78 is 18.7. The van der Waals surface area contributed by atoms with Crippen LogP contribution in [0.5, 0.6) is 0 Å². The first-order valence-corrected chi connectivity index (χ1v) is 19.4. The first-order chi connectivity index (χ1) is 15.7. The number of ether oxygens (including phenoxy) is 1. The first kappa shape index (κ1) is 32.6. The predicted molar refractivity (Wildman–Crippen MR) is 152 cm³/mol. The largest absolute Gasteiger partial charge is 0.463 e. The second kappa shape index (κ2) is 12.4. The van der Waals surface area contributed by atoms with Crippen molar-refractivity contribution in [2.45, 2.75) is 136 Å². The van der Waals surface area contributed by atoms with Crippen LogP contribution in [0.2, 0.25) is 36.3 Å². The molecule has 1 rings (SSSR count). The Bertz CT molecular complexity index is 705. The zero-order valence-electron chi connectivity index (χ0n) is 25.0. The third kappa shape index (κ3) is 10.1. The van der Waals surface area contributed by atoms with Crippen molar-refractivity contribution >= 4 is 22.6 Å². The molecule has 0 bridgehead atoms. The van der Waals surface area contributed by atoms with E-state index < -0.39 is 22.7 Å². The predicted octanol–water partition coefficient (Wildman–Crippen LogP) is 7.32. The minimum absolute atomic E-state index is 0.0252. The molecule has 0 unspecified atom stereocenters. The molecule has 0 radical (unpaired) electrons. The van der Waals surface area contributed by atoms with Crippen LogP contribution in [0.3, 0.4) is 0 Å². The van der Waals surface area contributed by atoms with Gasteiger partial charge in [0, 0.05) is 6.08 Å². The van der Waals surface area contributed by atoms with Gasteiger partial charge in [-0.25, -0.2) is 4.79 Å². The van der Waals surface area contributed by atoms with Gasteiger partial charge in [-0.1, -0.05) is 61.5 Å². The molecular formula is C28H56O5Si2. The minimum atomic E-state index is -2.08. The number of esters is 1. The molecule has 0 aliphatic heterocycles. The summed E-state index contributed by atoms with van der Waals surface area (Å²) in [6, 6.07) is 0. The average Bonchev–Trinajstić information content (AvgIpc) is 3.39. The van der Waals surface area contributed by atoms with E-state index in [4.69, 9.17) is 13.6 Å². The van der Waals surface area contributed by atoms with Crippen molar-refractivity contribution in [1.29, 1.82) is 0 Å². The standard InChI is InChI=1S/C28H56O5Si2/c1-14-31-26(30)16-15-20(2)24(32-34(10,11)27(4,5)6)18-22(29)19-25(23-17-21(23)3)33-35(12,13)28(7,8)9/h15-16,20-25,29H,14,17-19H2,1-13H3/b16-15-/t20-,21-,22-,23-,24-,25-/m0/s1. The van der Waals surface area contributed by atoms with Gasteiger partial charge in [0.05, 0.1) is 24.9 Å². The van der Waals surface area contributed by atoms with Gasteiger partial charge in [-0.3, -0.25) is 0 Å². The van der Waals surface area contributed by atoms with Gasteiger partial charge in [0.15, 0.2) is 16.6 Å². The molecule has 0 aromatic heterocycles. The first-order valence-electron chi connectivity index (χ1n) is 13.6. The molecule has 6 atom stereocenters. The lowest BCUT2D eigenvalue weighted by molar-refractivity contribution is -0.137. The SMILES string of the molecule is CCOC(=O)/C=C\[C@H](C)[C@H](C[C@H](O)C[C@H](O[Si](C)(C)C(C)(C)C)[C@H]1C[C@@H]1C)O[Si](C)(C)C(C)(C)C. The number of aliphatic hydroxyl groups is 1. The van der Waals surface area contributed by atoms with Gasteiger partial charge >= 0.3 is 5.97 Å². The van der Waals surface area contributed by atoms with Crippen LogP contribution in [-0.4, -0.2) is 52.6 Å². The summed E-state index contributed by atoms with van der Waals surface area (Å²) >= 11 is 0. The van der Waals surface area contributed by atoms with Crippen molar-refractivity contribution in [3.63, 3.8) is 0 Å². The Hall–Kier alpha value is -0.476. The quantitative estimate of drug-likeness (QED) is 0.154. The maximum atomic E-state index is 11.9. The number of carbonyl (C=O) groups excluding carboxylic acids is 1. The van der Waals surface area contributed by atoms with Gasteiger partial charge in [0.2, 0.25) is 0 Å². The van der Waals surface area contributed by atoms with Crippen molar-refractivity contribution in [2.24, 2.45) is 17.8 Å². The van der Waals surface area contributed by atoms with Crippen molar-refractivity contribution in [1.82, 2.24) is 0 Å². The van der Waals surface area contributed by atoms with Crippen LogP contribution >= 0.6 is 0 Å². The third-order valence-electron chi connectivity index (χ3n) is 8.57. The van der Waals surface area contributed by atoms with E-state index in [9.17, 15) is 9.90 Å². The summed E-state index contributed by atoms with van der Waals surface area (Å²) in [5, 5.41) is 11.5. The average molecular weight is 529 g/mol. The fraction of sp³-hybridized carbons (Fsp3) is 0.893. The maximum absolute atomic E-state index is 11.9. The number of carbonyl (C=O) groups is 1. The van der Waals surface area contributed by atoms with Crippen LogP contribution in [0.25, 0.3) is 0 Å². The number of aliphatic hydroxyl groups excluding tert-OH is 1. The number of rotatable bonds is 13. The Balaban J connectivity index is 3.05. The van der Waals surface area contributed by atoms with E-state index in [1.165, 1.54) is 12.5 Å². The summed E-state index contributed by atoms with van der Waals surface area (Å²) in [7, 11) is -4.02. The van der Waals surface area contributed by atoms with E-state index in [0.717, 1.165) is 0 Å². The Morgan fingerprint density at radius 1 is 1.00 bits per heavy atom. The molecule has 35 heavy (non-hydrogen) atoms. The van der Waals surface area contributed by atoms with Crippen LogP contribution < -0.4 is 0 Å². The highest BCUT2D eigenvalue weighted by Crippen LogP contribution is 2.47. The highest BCUT2D eigenvalue weighted by atomic mass is 28.4. The van der Waals surface area contributed by atoms with Gasteiger partial charge in [-0.15, -0.1) is 0 Å². The summed E-state index contributed by atoms with van der Waals surface area (Å²) in [5.41, 5.74) is 0. The van der Waals surface area contributed by atoms with Gasteiger partial charge in [-0.05, 0) is 80.2 Å². The van der Waals surface area contributed by atoms with E-state index >= 15 is 0 Å². The van der Waals surface area contributed by atoms with Crippen LogP contribution in [0.4, 0.5) is 0 Å². The highest BCUT2D eigenvalue weighted by Gasteiger charge is 2.47. The van der Waals surface area contributed by atoms with Crippen molar-refractivity contribution < 1.29 is 23.5 Å². The molecule has 0 saturated heterocycles. The Morgan fingerprint density at radius 3 is 1.91 bits per heavy atom. The van der Waals surface area contributed by atoms with Crippen molar-refractivity contribution in [2.75, 3.05) is 6.61 Å². The van der Waals surface area contributed by atoms with E-state index in [0.29, 0.717) is 31.3 Å². The van der Waals surface area contributed by atoms with Gasteiger partial charge < -0.3 is 18.7 Å². The number of hydrogen-bond donors (Lipinski definition) is 1. The third-order valence-corrected chi connectivity index (χ3v) is 17.6. The fourth-order valence-corrected chi connectivity index (χ4v) is 6.64. The van der Waals surface area contributed by atoms with E-state index in [-0.39, 0.29) is 34.2 Å². The smallest absolute Gasteiger partial charge is 0.330 e. The lowest BCUT2D eigenvalue weighted by atomic mass is 9.95. The lowest BCUT2D eigenvalue weighted by Crippen LogP contribution is -2.47. The molecule has 1 fully saturated rings. The molecule has 0 aromatic rings. The normalized spacial score (nSPS) is 23.1. The second-order valence-electron chi connectivity index (χ2n) is 13.8. The molecule has 206 valence electrons. The Morgan fingerprint density at radius 2 is 1.49 bits per heavy atom. The molecule has 1 aliphatic carbocycles. The van der Waals surface area contributed by atoms with E-state index in [2.05, 4.69) is 81.6 Å². The van der Waals surface area contributed by atoms with Crippen LogP contribution in [-0.2, 0) is 18.4 Å². The summed E-state index contributed by atoms with van der Waals surface area (Å²) in [4.78, 5) is 11.9. The molecule has 0 heterocycles. The highest BCUT2D eigenvalue weighted by molar-refractivity contribution is 6.74. The monoisotopic (exact) mass is 528 g/mol. The summed E-state index contributed by atoms with van der Waals surface area (Å²) in [6.45, 7) is 29.1. The summed E-state index contributed by atoms with van der Waals surface area (Å²) in [5.74, 6) is 0.821. The van der Waals surface area contributed by atoms with Gasteiger partial charge in [0.25, 0.3) is 0 Å². The zero-order chi connectivity index (χ0) is 27.4. The molecule has 0 spiro atoms. The van der Waals surface area contributed by atoms with Crippen LogP contribution in [0, 0.1) is 17.8 Å². The molecule has 5 nitrogen and oxygen atoms in total. The Kier molecular flexibility index (Phi) is 11.5. The van der Waals surface area contributed by atoms with Gasteiger partial charge in [0.1, 0.15) is 0 Å². The fourth-order valence-electron chi connectivity index (χ4n) is 3.84. The van der Waals surface area contributed by atoms with E-state index in [1.807, 2.05) is 6.08 Å². The molecule has 0 aromatic carbocycles. The van der Waals surface area contributed by atoms with E-state index in [1.54, 1.807) is 6.92 Å². The van der Waals surface area contributed by atoms with Crippen molar-refractivity contribution in [3.8, 4) is 0 Å². The minimum Gasteiger partial charge on any atom is -0.463 e. The molecule has 1 aliphatic rings. The van der Waals surface area contributed by atoms with Crippen molar-refractivity contribution in [3.05, 3.63) is 12.2 Å². The molecule has 7 heteroatoms. The summed E-state index contributed by atoms with van der Waals surface area (Å²) in [6.07, 6.45) is 5.08. The Labute approximate surface area is 218 Å². The maximum Gasteiger partial charge on any atom is 0.330 e. The van der Waals surface area contributed by atoms with Crippen LogP contribution in [0.1, 0.15) is 81.6 Å².